The molecule has 1 aromatic rings. The van der Waals surface area contributed by atoms with E-state index in [9.17, 15) is 0 Å². The Kier molecular flexibility index (Phi) is 22.3. The zero-order valence-electron chi connectivity index (χ0n) is 18.5. The maximum atomic E-state index is 3.97. The molecule has 0 radical (unpaired) electrons. The Morgan fingerprint density at radius 3 is 1.88 bits per heavy atom. The number of thiol groups is 1. The summed E-state index contributed by atoms with van der Waals surface area (Å²) in [5, 5.41) is 0. The van der Waals surface area contributed by atoms with Crippen LogP contribution in [0.3, 0.4) is 0 Å². The molecule has 0 amide bonds. The van der Waals surface area contributed by atoms with Crippen molar-refractivity contribution < 1.29 is 0 Å². The van der Waals surface area contributed by atoms with Gasteiger partial charge in [-0.15, -0.1) is 0 Å². The van der Waals surface area contributed by atoms with E-state index in [2.05, 4.69) is 59.5 Å². The van der Waals surface area contributed by atoms with Crippen molar-refractivity contribution in [3.05, 3.63) is 47.0 Å². The molecule has 146 valence electrons. The molecule has 0 heterocycles. The molecule has 0 aromatic heterocycles. The Labute approximate surface area is 165 Å². The Morgan fingerprint density at radius 2 is 1.48 bits per heavy atom. The molecule has 25 heavy (non-hydrogen) atoms. The molecule has 1 aliphatic rings. The largest absolute Gasteiger partial charge is 0.183 e. The summed E-state index contributed by atoms with van der Waals surface area (Å²) in [6.07, 6.45) is 10.7. The molecule has 0 saturated carbocycles. The zero-order chi connectivity index (χ0) is 20.4. The van der Waals surface area contributed by atoms with E-state index in [0.29, 0.717) is 5.92 Å². The van der Waals surface area contributed by atoms with Gasteiger partial charge in [0.05, 0.1) is 0 Å². The Balaban J connectivity index is -0.000000464. The van der Waals surface area contributed by atoms with Crippen molar-refractivity contribution in [2.75, 3.05) is 6.26 Å². The van der Waals surface area contributed by atoms with Crippen molar-refractivity contribution in [2.24, 2.45) is 0 Å². The second-order valence-electron chi connectivity index (χ2n) is 5.50. The van der Waals surface area contributed by atoms with Gasteiger partial charge in [-0.2, -0.15) is 12.6 Å². The van der Waals surface area contributed by atoms with E-state index in [4.69, 9.17) is 0 Å². The number of aryl methyl sites for hydroxylation is 1. The Hall–Kier alpha value is -0.950. The van der Waals surface area contributed by atoms with Gasteiger partial charge in [-0.1, -0.05) is 86.3 Å². The number of hydrogen-bond acceptors (Lipinski definition) is 1. The highest BCUT2D eigenvalue weighted by Crippen LogP contribution is 2.36. The van der Waals surface area contributed by atoms with Crippen LogP contribution in [0.5, 0.6) is 0 Å². The summed E-state index contributed by atoms with van der Waals surface area (Å²) in [4.78, 5) is 0. The first-order valence-electron chi connectivity index (χ1n) is 9.96. The van der Waals surface area contributed by atoms with Crippen LogP contribution in [0.15, 0.2) is 19.2 Å². The first-order valence-corrected chi connectivity index (χ1v) is 10.9. The predicted octanol–water partition coefficient (Wildman–Crippen LogP) is 8.74. The van der Waals surface area contributed by atoms with Gasteiger partial charge in [0.25, 0.3) is 0 Å². The van der Waals surface area contributed by atoms with Crippen LogP contribution in [0.25, 0.3) is 12.2 Å². The molecule has 1 heteroatoms. The van der Waals surface area contributed by atoms with Gasteiger partial charge in [-0.25, -0.2) is 0 Å². The van der Waals surface area contributed by atoms with E-state index in [1.165, 1.54) is 53.5 Å². The fourth-order valence-corrected chi connectivity index (χ4v) is 2.89. The average Bonchev–Trinajstić information content (AvgIpc) is 2.67. The fourth-order valence-electron chi connectivity index (χ4n) is 2.89. The minimum atomic E-state index is 0.694. The highest BCUT2D eigenvalue weighted by Gasteiger charge is 2.20. The smallest absolute Gasteiger partial charge is 0.0152 e. The van der Waals surface area contributed by atoms with Gasteiger partial charge < -0.3 is 0 Å². The summed E-state index contributed by atoms with van der Waals surface area (Å²) in [6.45, 7) is 24.6. The summed E-state index contributed by atoms with van der Waals surface area (Å²) >= 11 is 3.53. The summed E-state index contributed by atoms with van der Waals surface area (Å²) in [5.74, 6) is 0.694. The molecule has 1 aromatic carbocycles. The molecule has 0 saturated heterocycles. The third-order valence-electron chi connectivity index (χ3n) is 3.76. The lowest BCUT2D eigenvalue weighted by atomic mass is 9.79. The highest BCUT2D eigenvalue weighted by molar-refractivity contribution is 7.79. The van der Waals surface area contributed by atoms with Gasteiger partial charge in [0, 0.05) is 0 Å². The minimum Gasteiger partial charge on any atom is -0.183 e. The van der Waals surface area contributed by atoms with Gasteiger partial charge in [-0.05, 0) is 66.2 Å². The van der Waals surface area contributed by atoms with Crippen LogP contribution in [0.2, 0.25) is 0 Å². The van der Waals surface area contributed by atoms with Crippen LogP contribution in [-0.4, -0.2) is 6.26 Å². The van der Waals surface area contributed by atoms with Crippen LogP contribution in [0.4, 0.5) is 0 Å². The monoisotopic (exact) mass is 364 g/mol. The average molecular weight is 365 g/mol. The maximum absolute atomic E-state index is 3.97. The van der Waals surface area contributed by atoms with Gasteiger partial charge in [-0.3, -0.25) is 0 Å². The van der Waals surface area contributed by atoms with Crippen molar-refractivity contribution in [1.29, 1.82) is 0 Å². The van der Waals surface area contributed by atoms with Crippen molar-refractivity contribution in [3.63, 3.8) is 0 Å². The van der Waals surface area contributed by atoms with Crippen molar-refractivity contribution in [1.82, 2.24) is 0 Å². The lowest BCUT2D eigenvalue weighted by Crippen LogP contribution is -2.10. The number of benzene rings is 1. The summed E-state index contributed by atoms with van der Waals surface area (Å²) in [5.41, 5.74) is 6.95. The van der Waals surface area contributed by atoms with Crippen molar-refractivity contribution in [2.45, 2.75) is 87.0 Å². The molecular weight excluding hydrogens is 320 g/mol. The SMILES string of the molecule is C=Cc1c(C)cc2c(c1C=C)CCCC2C.CC.CC.CCC.CS. The second-order valence-corrected chi connectivity index (χ2v) is 5.50. The van der Waals surface area contributed by atoms with E-state index in [0.717, 1.165) is 0 Å². The van der Waals surface area contributed by atoms with Crippen molar-refractivity contribution in [3.8, 4) is 0 Å². The third-order valence-corrected chi connectivity index (χ3v) is 3.76. The standard InChI is InChI=1S/C16H20.C3H8.2C2H6.CH4S/c1-5-13-12(4)10-16-11(3)8-7-9-15(16)14(13)6-2;1-3-2;3*1-2/h5-6,10-11H,1-2,7-9H2,3-4H3;3H2,1-2H3;2*1-2H3;2H,1H3. The van der Waals surface area contributed by atoms with E-state index in [1.807, 2.05) is 39.8 Å². The van der Waals surface area contributed by atoms with E-state index in [1.54, 1.807) is 6.26 Å². The van der Waals surface area contributed by atoms with Crippen LogP contribution in [-0.2, 0) is 6.42 Å². The summed E-state index contributed by atoms with van der Waals surface area (Å²) in [7, 11) is 0. The lowest BCUT2D eigenvalue weighted by molar-refractivity contribution is 0.589. The molecule has 1 aliphatic carbocycles. The van der Waals surface area contributed by atoms with Gasteiger partial charge >= 0.3 is 0 Å². The summed E-state index contributed by atoms with van der Waals surface area (Å²) in [6, 6.07) is 2.35. The molecule has 0 spiro atoms. The molecule has 1 unspecified atom stereocenters. The molecule has 0 N–H and O–H groups in total. The Bertz CT molecular complexity index is 458. The molecule has 0 bridgehead atoms. The van der Waals surface area contributed by atoms with Gasteiger partial charge in [0.1, 0.15) is 0 Å². The van der Waals surface area contributed by atoms with E-state index in [-0.39, 0.29) is 0 Å². The fraction of sp³-hybridized carbons (Fsp3) is 0.583. The van der Waals surface area contributed by atoms with Gasteiger partial charge in [0.2, 0.25) is 0 Å². The van der Waals surface area contributed by atoms with Crippen LogP contribution in [0, 0.1) is 6.92 Å². The number of fused-ring (bicyclic) bond motifs is 1. The lowest BCUT2D eigenvalue weighted by Gasteiger charge is -2.26. The molecule has 0 nitrogen and oxygen atoms in total. The maximum Gasteiger partial charge on any atom is -0.0152 e. The number of rotatable bonds is 2. The van der Waals surface area contributed by atoms with E-state index < -0.39 is 0 Å². The number of hydrogen-bond donors (Lipinski definition) is 1. The van der Waals surface area contributed by atoms with Gasteiger partial charge in [0.15, 0.2) is 0 Å². The van der Waals surface area contributed by atoms with E-state index >= 15 is 0 Å². The predicted molar refractivity (Wildman–Crippen MR) is 126 cm³/mol. The summed E-state index contributed by atoms with van der Waals surface area (Å²) < 4.78 is 0. The molecule has 2 rings (SSSR count). The molecule has 0 aliphatic heterocycles. The normalized spacial score (nSPS) is 13.6. The molecule has 0 fully saturated rings. The first kappa shape index (κ1) is 28.8. The molecule has 1 atom stereocenters. The van der Waals surface area contributed by atoms with Crippen LogP contribution < -0.4 is 0 Å². The highest BCUT2D eigenvalue weighted by atomic mass is 32.1. The first-order chi connectivity index (χ1) is 12.1. The second kappa shape index (κ2) is 19.4. The minimum absolute atomic E-state index is 0.694. The quantitative estimate of drug-likeness (QED) is 0.498. The van der Waals surface area contributed by atoms with Crippen LogP contribution >= 0.6 is 12.6 Å². The molecular formula is C24H44S. The zero-order valence-corrected chi connectivity index (χ0v) is 19.4. The van der Waals surface area contributed by atoms with Crippen LogP contribution in [0.1, 0.15) is 101 Å². The van der Waals surface area contributed by atoms with Crippen molar-refractivity contribution >= 4 is 24.8 Å². The topological polar surface area (TPSA) is 0 Å². The Morgan fingerprint density at radius 1 is 1.04 bits per heavy atom. The third kappa shape index (κ3) is 9.35.